The number of amides is 1. The molecule has 1 aromatic rings. The fraction of sp³-hybridized carbons (Fsp3) is 0.300. The summed E-state index contributed by atoms with van der Waals surface area (Å²) in [4.78, 5) is 11.5. The molecule has 4 heteroatoms. The molecule has 0 bridgehead atoms. The first kappa shape index (κ1) is 11.0. The van der Waals surface area contributed by atoms with Crippen LogP contribution in [0.5, 0.6) is 0 Å². The number of nitrogens with one attached hydrogen (secondary N) is 2. The molecule has 0 saturated carbocycles. The number of carbonyl (C=O) groups excluding carboxylic acids is 1. The van der Waals surface area contributed by atoms with Gasteiger partial charge in [-0.3, -0.25) is 4.79 Å². The second kappa shape index (κ2) is 4.98. The molecule has 0 aromatic heterocycles. The molecule has 1 amide bonds. The largest absolute Gasteiger partial charge is 0.337 e. The Balaban J connectivity index is 2.65. The van der Waals surface area contributed by atoms with Gasteiger partial charge in [0.1, 0.15) is 0 Å². The van der Waals surface area contributed by atoms with E-state index in [1.807, 2.05) is 6.92 Å². The summed E-state index contributed by atoms with van der Waals surface area (Å²) in [7, 11) is 1.78. The van der Waals surface area contributed by atoms with E-state index in [2.05, 4.69) is 10.6 Å². The monoisotopic (exact) mass is 212 g/mol. The smallest absolute Gasteiger partial charge is 0.252 e. The van der Waals surface area contributed by atoms with Crippen molar-refractivity contribution in [3.8, 4) is 0 Å². The first-order valence-corrected chi connectivity index (χ1v) is 4.75. The summed E-state index contributed by atoms with van der Waals surface area (Å²) in [6.45, 7) is 1.87. The lowest BCUT2D eigenvalue weighted by molar-refractivity contribution is 0.0935. The van der Waals surface area contributed by atoms with Crippen molar-refractivity contribution in [3.05, 3.63) is 34.9 Å². The van der Waals surface area contributed by atoms with E-state index < -0.39 is 0 Å². The topological polar surface area (TPSA) is 41.1 Å². The number of hydrogen-bond donors (Lipinski definition) is 2. The van der Waals surface area contributed by atoms with Crippen LogP contribution < -0.4 is 10.6 Å². The third-order valence-corrected chi connectivity index (χ3v) is 2.14. The van der Waals surface area contributed by atoms with Gasteiger partial charge in [-0.1, -0.05) is 11.6 Å². The Morgan fingerprint density at radius 2 is 1.93 bits per heavy atom. The Morgan fingerprint density at radius 1 is 1.36 bits per heavy atom. The van der Waals surface area contributed by atoms with Gasteiger partial charge in [-0.05, 0) is 38.2 Å². The van der Waals surface area contributed by atoms with Gasteiger partial charge < -0.3 is 10.6 Å². The highest BCUT2D eigenvalue weighted by Gasteiger charge is 2.07. The van der Waals surface area contributed by atoms with Crippen LogP contribution in [0.4, 0.5) is 0 Å². The zero-order chi connectivity index (χ0) is 10.6. The van der Waals surface area contributed by atoms with E-state index in [1.165, 1.54) is 0 Å². The second-order valence-corrected chi connectivity index (χ2v) is 3.43. The van der Waals surface area contributed by atoms with E-state index >= 15 is 0 Å². The average molecular weight is 213 g/mol. The molecule has 0 aliphatic rings. The van der Waals surface area contributed by atoms with Crippen LogP contribution in [-0.2, 0) is 0 Å². The fourth-order valence-electron chi connectivity index (χ4n) is 0.953. The van der Waals surface area contributed by atoms with Crippen LogP contribution >= 0.6 is 11.6 Å². The summed E-state index contributed by atoms with van der Waals surface area (Å²) in [6.07, 6.45) is -0.0434. The maximum absolute atomic E-state index is 11.5. The summed E-state index contributed by atoms with van der Waals surface area (Å²) in [5.74, 6) is -0.108. The van der Waals surface area contributed by atoms with Crippen molar-refractivity contribution in [2.45, 2.75) is 13.1 Å². The molecule has 2 N–H and O–H groups in total. The minimum absolute atomic E-state index is 0.0434. The minimum Gasteiger partial charge on any atom is -0.337 e. The fourth-order valence-corrected chi connectivity index (χ4v) is 1.08. The highest BCUT2D eigenvalue weighted by atomic mass is 35.5. The molecular weight excluding hydrogens is 200 g/mol. The van der Waals surface area contributed by atoms with Crippen LogP contribution in [0.2, 0.25) is 5.02 Å². The van der Waals surface area contributed by atoms with Crippen molar-refractivity contribution in [1.29, 1.82) is 0 Å². The third-order valence-electron chi connectivity index (χ3n) is 1.89. The molecule has 1 atom stereocenters. The minimum atomic E-state index is -0.108. The molecule has 0 heterocycles. The molecule has 1 unspecified atom stereocenters. The Kier molecular flexibility index (Phi) is 3.92. The van der Waals surface area contributed by atoms with Crippen LogP contribution in [0.15, 0.2) is 24.3 Å². The average Bonchev–Trinajstić information content (AvgIpc) is 2.18. The first-order valence-electron chi connectivity index (χ1n) is 4.37. The van der Waals surface area contributed by atoms with E-state index in [9.17, 15) is 4.79 Å². The van der Waals surface area contributed by atoms with Gasteiger partial charge in [0.15, 0.2) is 0 Å². The molecule has 0 saturated heterocycles. The van der Waals surface area contributed by atoms with Gasteiger partial charge in [0.05, 0.1) is 6.17 Å². The lowest BCUT2D eigenvalue weighted by Gasteiger charge is -2.12. The van der Waals surface area contributed by atoms with Gasteiger partial charge >= 0.3 is 0 Å². The molecule has 0 spiro atoms. The van der Waals surface area contributed by atoms with Gasteiger partial charge in [0.2, 0.25) is 0 Å². The van der Waals surface area contributed by atoms with Crippen LogP contribution in [-0.4, -0.2) is 19.1 Å². The maximum Gasteiger partial charge on any atom is 0.252 e. The molecular formula is C10H13ClN2O. The zero-order valence-electron chi connectivity index (χ0n) is 8.17. The number of carbonyl (C=O) groups is 1. The predicted octanol–water partition coefficient (Wildman–Crippen LogP) is 1.64. The summed E-state index contributed by atoms with van der Waals surface area (Å²) in [6, 6.07) is 6.78. The molecule has 0 aliphatic heterocycles. The number of benzene rings is 1. The Morgan fingerprint density at radius 3 is 2.43 bits per heavy atom. The first-order chi connectivity index (χ1) is 6.63. The quantitative estimate of drug-likeness (QED) is 0.748. The van der Waals surface area contributed by atoms with Gasteiger partial charge in [-0.2, -0.15) is 0 Å². The van der Waals surface area contributed by atoms with Crippen LogP contribution in [0, 0.1) is 0 Å². The third kappa shape index (κ3) is 3.01. The zero-order valence-corrected chi connectivity index (χ0v) is 8.93. The van der Waals surface area contributed by atoms with E-state index in [4.69, 9.17) is 11.6 Å². The lowest BCUT2D eigenvalue weighted by atomic mass is 10.2. The highest BCUT2D eigenvalue weighted by molar-refractivity contribution is 6.30. The van der Waals surface area contributed by atoms with Crippen molar-refractivity contribution in [1.82, 2.24) is 10.6 Å². The van der Waals surface area contributed by atoms with Crippen LogP contribution in [0.25, 0.3) is 0 Å². The van der Waals surface area contributed by atoms with Gasteiger partial charge in [-0.25, -0.2) is 0 Å². The molecule has 3 nitrogen and oxygen atoms in total. The highest BCUT2D eigenvalue weighted by Crippen LogP contribution is 2.09. The molecule has 1 aromatic carbocycles. The van der Waals surface area contributed by atoms with Gasteiger partial charge in [0.25, 0.3) is 5.91 Å². The number of halogens is 1. The summed E-state index contributed by atoms with van der Waals surface area (Å²) in [5, 5.41) is 6.32. The maximum atomic E-state index is 11.5. The lowest BCUT2D eigenvalue weighted by Crippen LogP contribution is -2.41. The van der Waals surface area contributed by atoms with Crippen molar-refractivity contribution in [2.24, 2.45) is 0 Å². The summed E-state index contributed by atoms with van der Waals surface area (Å²) < 4.78 is 0. The predicted molar refractivity (Wildman–Crippen MR) is 57.4 cm³/mol. The number of hydrogen-bond acceptors (Lipinski definition) is 2. The van der Waals surface area contributed by atoms with Crippen molar-refractivity contribution in [2.75, 3.05) is 7.05 Å². The van der Waals surface area contributed by atoms with Crippen molar-refractivity contribution >= 4 is 17.5 Å². The molecule has 0 fully saturated rings. The van der Waals surface area contributed by atoms with Crippen LogP contribution in [0.1, 0.15) is 17.3 Å². The Bertz CT molecular complexity index is 310. The van der Waals surface area contributed by atoms with E-state index in [1.54, 1.807) is 31.3 Å². The Labute approximate surface area is 88.5 Å². The van der Waals surface area contributed by atoms with E-state index in [-0.39, 0.29) is 12.1 Å². The molecule has 14 heavy (non-hydrogen) atoms. The second-order valence-electron chi connectivity index (χ2n) is 2.99. The number of rotatable bonds is 3. The standard InChI is InChI=1S/C10H13ClN2O/c1-7(12-2)13-10(14)8-3-5-9(11)6-4-8/h3-7,12H,1-2H3,(H,13,14). The molecule has 1 rings (SSSR count). The SMILES string of the molecule is CNC(C)NC(=O)c1ccc(Cl)cc1. The van der Waals surface area contributed by atoms with Crippen molar-refractivity contribution < 1.29 is 4.79 Å². The molecule has 76 valence electrons. The van der Waals surface area contributed by atoms with Crippen molar-refractivity contribution in [3.63, 3.8) is 0 Å². The Hall–Kier alpha value is -1.06. The van der Waals surface area contributed by atoms with E-state index in [0.29, 0.717) is 10.6 Å². The summed E-state index contributed by atoms with van der Waals surface area (Å²) >= 11 is 5.71. The van der Waals surface area contributed by atoms with E-state index in [0.717, 1.165) is 0 Å². The summed E-state index contributed by atoms with van der Waals surface area (Å²) in [5.41, 5.74) is 0.608. The van der Waals surface area contributed by atoms with Gasteiger partial charge in [-0.15, -0.1) is 0 Å². The van der Waals surface area contributed by atoms with Gasteiger partial charge in [0, 0.05) is 10.6 Å². The van der Waals surface area contributed by atoms with Crippen LogP contribution in [0.3, 0.4) is 0 Å². The molecule has 0 aliphatic carbocycles. The normalized spacial score (nSPS) is 12.2. The molecule has 0 radical (unpaired) electrons.